The van der Waals surface area contributed by atoms with Crippen molar-refractivity contribution in [1.82, 2.24) is 19.7 Å². The summed E-state index contributed by atoms with van der Waals surface area (Å²) in [4.78, 5) is 19.7. The molecule has 2 aromatic heterocycles. The summed E-state index contributed by atoms with van der Waals surface area (Å²) in [5.41, 5.74) is 6.07. The molecule has 0 fully saturated rings. The summed E-state index contributed by atoms with van der Waals surface area (Å²) in [5, 5.41) is 4.07. The number of carbonyl (C=O) groups excluding carboxylic acids is 1. The van der Waals surface area contributed by atoms with Crippen LogP contribution in [0.15, 0.2) is 18.5 Å². The van der Waals surface area contributed by atoms with E-state index in [1.54, 1.807) is 26.1 Å². The zero-order valence-electron chi connectivity index (χ0n) is 10.1. The minimum Gasteiger partial charge on any atom is -0.461 e. The molecular formula is C11H13N5O2. The van der Waals surface area contributed by atoms with Gasteiger partial charge in [0.15, 0.2) is 11.5 Å². The Morgan fingerprint density at radius 2 is 2.33 bits per heavy atom. The summed E-state index contributed by atoms with van der Waals surface area (Å²) in [6.07, 6.45) is 3.13. The molecule has 0 atom stereocenters. The van der Waals surface area contributed by atoms with Crippen LogP contribution in [0.25, 0.3) is 5.82 Å². The highest BCUT2D eigenvalue weighted by molar-refractivity contribution is 5.92. The third-order valence-corrected chi connectivity index (χ3v) is 2.21. The van der Waals surface area contributed by atoms with Crippen LogP contribution in [0.4, 0.5) is 5.69 Å². The van der Waals surface area contributed by atoms with E-state index in [0.717, 1.165) is 0 Å². The first-order chi connectivity index (χ1) is 8.61. The van der Waals surface area contributed by atoms with Crippen LogP contribution in [-0.4, -0.2) is 32.3 Å². The fourth-order valence-electron chi connectivity index (χ4n) is 1.43. The number of aromatic nitrogens is 4. The Bertz CT molecular complexity index is 579. The van der Waals surface area contributed by atoms with Crippen molar-refractivity contribution in [3.8, 4) is 5.82 Å². The molecule has 0 aliphatic heterocycles. The molecule has 7 heteroatoms. The average molecular weight is 247 g/mol. The molecule has 7 nitrogen and oxygen atoms in total. The second-order valence-corrected chi connectivity index (χ2v) is 3.56. The average Bonchev–Trinajstić information content (AvgIpc) is 2.72. The lowest BCUT2D eigenvalue weighted by Crippen LogP contribution is -2.09. The van der Waals surface area contributed by atoms with Crippen molar-refractivity contribution in [3.05, 3.63) is 30.0 Å². The SMILES string of the molecule is CCOC(=O)c1nn(-c2ccnc(C)n2)cc1N. The molecule has 0 saturated carbocycles. The van der Waals surface area contributed by atoms with Crippen molar-refractivity contribution in [2.75, 3.05) is 12.3 Å². The minimum atomic E-state index is -0.542. The van der Waals surface area contributed by atoms with Crippen LogP contribution in [0.5, 0.6) is 0 Å². The van der Waals surface area contributed by atoms with Crippen molar-refractivity contribution in [2.24, 2.45) is 0 Å². The normalized spacial score (nSPS) is 10.3. The fraction of sp³-hybridized carbons (Fsp3) is 0.273. The highest BCUT2D eigenvalue weighted by Gasteiger charge is 2.16. The summed E-state index contributed by atoms with van der Waals surface area (Å²) < 4.78 is 6.28. The molecular weight excluding hydrogens is 234 g/mol. The van der Waals surface area contributed by atoms with Crippen LogP contribution in [0.1, 0.15) is 23.2 Å². The largest absolute Gasteiger partial charge is 0.461 e. The molecule has 94 valence electrons. The molecule has 0 aliphatic rings. The predicted octanol–water partition coefficient (Wildman–Crippen LogP) is 0.730. The van der Waals surface area contributed by atoms with E-state index in [4.69, 9.17) is 10.5 Å². The van der Waals surface area contributed by atoms with E-state index in [1.165, 1.54) is 10.9 Å². The Balaban J connectivity index is 2.37. The maximum Gasteiger partial charge on any atom is 0.361 e. The second-order valence-electron chi connectivity index (χ2n) is 3.56. The highest BCUT2D eigenvalue weighted by atomic mass is 16.5. The predicted molar refractivity (Wildman–Crippen MR) is 64.3 cm³/mol. The number of nitrogens with two attached hydrogens (primary N) is 1. The Kier molecular flexibility index (Phi) is 3.22. The maximum absolute atomic E-state index is 11.6. The first kappa shape index (κ1) is 12.0. The Hall–Kier alpha value is -2.44. The fourth-order valence-corrected chi connectivity index (χ4v) is 1.43. The number of nitrogen functional groups attached to an aromatic ring is 1. The smallest absolute Gasteiger partial charge is 0.361 e. The Morgan fingerprint density at radius 3 is 3.00 bits per heavy atom. The number of aryl methyl sites for hydroxylation is 1. The van der Waals surface area contributed by atoms with Crippen LogP contribution in [0, 0.1) is 6.92 Å². The van der Waals surface area contributed by atoms with E-state index in [-0.39, 0.29) is 18.0 Å². The Labute approximate surface area is 104 Å². The maximum atomic E-state index is 11.6. The van der Waals surface area contributed by atoms with Crippen LogP contribution in [-0.2, 0) is 4.74 Å². The molecule has 2 aromatic rings. The lowest BCUT2D eigenvalue weighted by atomic mass is 10.4. The lowest BCUT2D eigenvalue weighted by Gasteiger charge is -2.00. The van der Waals surface area contributed by atoms with E-state index >= 15 is 0 Å². The molecule has 2 N–H and O–H groups in total. The molecule has 0 aromatic carbocycles. The van der Waals surface area contributed by atoms with Crippen LogP contribution >= 0.6 is 0 Å². The van der Waals surface area contributed by atoms with Gasteiger partial charge in [-0.3, -0.25) is 0 Å². The summed E-state index contributed by atoms with van der Waals surface area (Å²) in [6, 6.07) is 1.67. The van der Waals surface area contributed by atoms with Crippen LogP contribution < -0.4 is 5.73 Å². The number of ether oxygens (including phenoxy) is 1. The molecule has 0 bridgehead atoms. The topological polar surface area (TPSA) is 95.9 Å². The summed E-state index contributed by atoms with van der Waals surface area (Å²) in [7, 11) is 0. The number of anilines is 1. The van der Waals surface area contributed by atoms with Crippen LogP contribution in [0.3, 0.4) is 0 Å². The van der Waals surface area contributed by atoms with Crippen molar-refractivity contribution in [3.63, 3.8) is 0 Å². The molecule has 2 heterocycles. The molecule has 0 saturated heterocycles. The quantitative estimate of drug-likeness (QED) is 0.803. The summed E-state index contributed by atoms with van der Waals surface area (Å²) in [5.74, 6) is 0.614. The zero-order valence-corrected chi connectivity index (χ0v) is 10.1. The van der Waals surface area contributed by atoms with E-state index in [0.29, 0.717) is 11.6 Å². The molecule has 0 aliphatic carbocycles. The number of hydrogen-bond donors (Lipinski definition) is 1. The van der Waals surface area contributed by atoms with Gasteiger partial charge >= 0.3 is 5.97 Å². The third kappa shape index (κ3) is 2.29. The third-order valence-electron chi connectivity index (χ3n) is 2.21. The van der Waals surface area contributed by atoms with Crippen molar-refractivity contribution in [2.45, 2.75) is 13.8 Å². The molecule has 0 unspecified atom stereocenters. The molecule has 2 rings (SSSR count). The number of hydrogen-bond acceptors (Lipinski definition) is 6. The van der Waals surface area contributed by atoms with Crippen molar-refractivity contribution >= 4 is 11.7 Å². The highest BCUT2D eigenvalue weighted by Crippen LogP contribution is 2.13. The lowest BCUT2D eigenvalue weighted by molar-refractivity contribution is 0.0520. The van der Waals surface area contributed by atoms with Gasteiger partial charge in [-0.15, -0.1) is 0 Å². The minimum absolute atomic E-state index is 0.0908. The number of rotatable bonds is 3. The van der Waals surface area contributed by atoms with E-state index in [2.05, 4.69) is 15.1 Å². The number of carbonyl (C=O) groups is 1. The van der Waals surface area contributed by atoms with Gasteiger partial charge in [0, 0.05) is 12.3 Å². The van der Waals surface area contributed by atoms with Gasteiger partial charge in [-0.1, -0.05) is 0 Å². The van der Waals surface area contributed by atoms with Gasteiger partial charge in [-0.25, -0.2) is 19.4 Å². The Morgan fingerprint density at radius 1 is 1.56 bits per heavy atom. The van der Waals surface area contributed by atoms with E-state index in [1.807, 2.05) is 0 Å². The summed E-state index contributed by atoms with van der Waals surface area (Å²) >= 11 is 0. The van der Waals surface area contributed by atoms with Gasteiger partial charge in [0.1, 0.15) is 5.82 Å². The van der Waals surface area contributed by atoms with Gasteiger partial charge in [-0.2, -0.15) is 5.10 Å². The van der Waals surface area contributed by atoms with E-state index in [9.17, 15) is 4.79 Å². The van der Waals surface area contributed by atoms with Gasteiger partial charge < -0.3 is 10.5 Å². The van der Waals surface area contributed by atoms with Crippen LogP contribution in [0.2, 0.25) is 0 Å². The molecule has 18 heavy (non-hydrogen) atoms. The standard InChI is InChI=1S/C11H13N5O2/c1-3-18-11(17)10-8(12)6-16(15-10)9-4-5-13-7(2)14-9/h4-6H,3,12H2,1-2H3. The van der Waals surface area contributed by atoms with Gasteiger partial charge in [0.25, 0.3) is 0 Å². The van der Waals surface area contributed by atoms with Gasteiger partial charge in [0.2, 0.25) is 0 Å². The van der Waals surface area contributed by atoms with Gasteiger partial charge in [-0.05, 0) is 13.8 Å². The first-order valence-corrected chi connectivity index (χ1v) is 5.44. The number of nitrogens with zero attached hydrogens (tertiary/aromatic N) is 4. The zero-order chi connectivity index (χ0) is 13.1. The molecule has 0 amide bonds. The van der Waals surface area contributed by atoms with Crippen molar-refractivity contribution < 1.29 is 9.53 Å². The summed E-state index contributed by atoms with van der Waals surface area (Å²) in [6.45, 7) is 3.76. The first-order valence-electron chi connectivity index (χ1n) is 5.44. The van der Waals surface area contributed by atoms with E-state index < -0.39 is 5.97 Å². The van der Waals surface area contributed by atoms with Gasteiger partial charge in [0.05, 0.1) is 18.5 Å². The molecule has 0 spiro atoms. The monoisotopic (exact) mass is 247 g/mol. The second kappa shape index (κ2) is 4.82. The molecule has 0 radical (unpaired) electrons. The number of esters is 1. The van der Waals surface area contributed by atoms with Crippen molar-refractivity contribution in [1.29, 1.82) is 0 Å².